The molecule has 1 aliphatic carbocycles. The van der Waals surface area contributed by atoms with Gasteiger partial charge in [0.05, 0.1) is 18.7 Å². The van der Waals surface area contributed by atoms with Crippen molar-refractivity contribution in [3.8, 4) is 0 Å². The summed E-state index contributed by atoms with van der Waals surface area (Å²) < 4.78 is 5.02. The predicted molar refractivity (Wildman–Crippen MR) is 60.4 cm³/mol. The van der Waals surface area contributed by atoms with Gasteiger partial charge in [0.2, 0.25) is 0 Å². The topological polar surface area (TPSA) is 88.5 Å². The summed E-state index contributed by atoms with van der Waals surface area (Å²) in [7, 11) is 0. The van der Waals surface area contributed by atoms with Gasteiger partial charge in [0.15, 0.2) is 0 Å². The number of furan rings is 1. The van der Waals surface area contributed by atoms with Crippen LogP contribution in [0.1, 0.15) is 25.0 Å². The largest absolute Gasteiger partial charge is 0.433 e. The van der Waals surface area contributed by atoms with Crippen LogP contribution in [0.25, 0.3) is 0 Å². The van der Waals surface area contributed by atoms with E-state index in [1.807, 2.05) is 0 Å². The molecule has 2 atom stereocenters. The van der Waals surface area contributed by atoms with E-state index in [0.717, 1.165) is 25.8 Å². The lowest BCUT2D eigenvalue weighted by Crippen LogP contribution is -2.21. The van der Waals surface area contributed by atoms with Crippen molar-refractivity contribution in [1.29, 1.82) is 0 Å². The van der Waals surface area contributed by atoms with E-state index in [4.69, 9.17) is 4.42 Å². The standard InChI is InChI=1S/C11H16N2O4/c14-9-2-1-8(5-9)6-12-7-10-3-4-11(17-10)13(15)16/h3-4,8-9,12,14H,1-2,5-7H2. The Bertz CT molecular complexity index is 391. The average Bonchev–Trinajstić information content (AvgIpc) is 2.88. The molecular formula is C11H16N2O4. The maximum Gasteiger partial charge on any atom is 0.433 e. The fraction of sp³-hybridized carbons (Fsp3) is 0.636. The zero-order valence-electron chi connectivity index (χ0n) is 9.46. The van der Waals surface area contributed by atoms with Crippen LogP contribution in [-0.2, 0) is 6.54 Å². The molecule has 0 saturated heterocycles. The van der Waals surface area contributed by atoms with E-state index in [2.05, 4.69) is 5.32 Å². The molecule has 2 unspecified atom stereocenters. The maximum absolute atomic E-state index is 10.4. The highest BCUT2D eigenvalue weighted by Crippen LogP contribution is 2.24. The number of rotatable bonds is 5. The van der Waals surface area contributed by atoms with Crippen molar-refractivity contribution in [3.63, 3.8) is 0 Å². The third-order valence-corrected chi connectivity index (χ3v) is 3.07. The summed E-state index contributed by atoms with van der Waals surface area (Å²) in [5.74, 6) is 0.836. The third kappa shape index (κ3) is 3.28. The summed E-state index contributed by atoms with van der Waals surface area (Å²) in [6, 6.07) is 2.96. The molecule has 0 spiro atoms. The summed E-state index contributed by atoms with van der Waals surface area (Å²) in [5, 5.41) is 22.9. The second-order valence-corrected chi connectivity index (χ2v) is 4.46. The summed E-state index contributed by atoms with van der Waals surface area (Å²) in [6.45, 7) is 1.30. The number of nitrogens with zero attached hydrogens (tertiary/aromatic N) is 1. The molecule has 1 aromatic heterocycles. The third-order valence-electron chi connectivity index (χ3n) is 3.07. The fourth-order valence-corrected chi connectivity index (χ4v) is 2.19. The van der Waals surface area contributed by atoms with Crippen molar-refractivity contribution in [2.45, 2.75) is 31.9 Å². The highest BCUT2D eigenvalue weighted by Gasteiger charge is 2.22. The van der Waals surface area contributed by atoms with E-state index in [9.17, 15) is 15.2 Å². The molecule has 1 saturated carbocycles. The molecule has 1 fully saturated rings. The Morgan fingerprint density at radius 3 is 2.94 bits per heavy atom. The van der Waals surface area contributed by atoms with Crippen molar-refractivity contribution in [2.75, 3.05) is 6.54 Å². The highest BCUT2D eigenvalue weighted by atomic mass is 16.6. The van der Waals surface area contributed by atoms with Gasteiger partial charge in [-0.05, 0) is 37.8 Å². The zero-order valence-corrected chi connectivity index (χ0v) is 9.46. The van der Waals surface area contributed by atoms with Gasteiger partial charge in [-0.15, -0.1) is 0 Å². The van der Waals surface area contributed by atoms with Gasteiger partial charge in [-0.3, -0.25) is 10.1 Å². The predicted octanol–water partition coefficient (Wildman–Crippen LogP) is 1.44. The molecule has 1 aliphatic rings. The van der Waals surface area contributed by atoms with Crippen molar-refractivity contribution in [2.24, 2.45) is 5.92 Å². The second-order valence-electron chi connectivity index (χ2n) is 4.46. The van der Waals surface area contributed by atoms with E-state index in [0.29, 0.717) is 18.2 Å². The van der Waals surface area contributed by atoms with Crippen LogP contribution >= 0.6 is 0 Å². The lowest BCUT2D eigenvalue weighted by atomic mass is 10.1. The first-order valence-electron chi connectivity index (χ1n) is 5.77. The lowest BCUT2D eigenvalue weighted by Gasteiger charge is -2.09. The van der Waals surface area contributed by atoms with Gasteiger partial charge < -0.3 is 14.8 Å². The first-order chi connectivity index (χ1) is 8.15. The first kappa shape index (κ1) is 12.1. The van der Waals surface area contributed by atoms with Crippen LogP contribution in [-0.4, -0.2) is 22.7 Å². The van der Waals surface area contributed by atoms with Crippen LogP contribution in [0, 0.1) is 16.0 Å². The van der Waals surface area contributed by atoms with Crippen LogP contribution in [0.5, 0.6) is 0 Å². The normalized spacial score (nSPS) is 24.1. The van der Waals surface area contributed by atoms with Crippen molar-refractivity contribution in [1.82, 2.24) is 5.32 Å². The van der Waals surface area contributed by atoms with Gasteiger partial charge in [-0.25, -0.2) is 0 Å². The van der Waals surface area contributed by atoms with Crippen LogP contribution in [0.2, 0.25) is 0 Å². The van der Waals surface area contributed by atoms with E-state index >= 15 is 0 Å². The Balaban J connectivity index is 1.72. The summed E-state index contributed by atoms with van der Waals surface area (Å²) in [6.07, 6.45) is 2.59. The Hall–Kier alpha value is -1.40. The molecule has 1 heterocycles. The molecular weight excluding hydrogens is 224 g/mol. The summed E-state index contributed by atoms with van der Waals surface area (Å²) in [4.78, 5) is 9.85. The Morgan fingerprint density at radius 1 is 1.53 bits per heavy atom. The van der Waals surface area contributed by atoms with Crippen molar-refractivity contribution < 1.29 is 14.4 Å². The molecule has 0 aliphatic heterocycles. The van der Waals surface area contributed by atoms with Crippen LogP contribution < -0.4 is 5.32 Å². The fourth-order valence-electron chi connectivity index (χ4n) is 2.19. The minimum Gasteiger partial charge on any atom is -0.404 e. The zero-order chi connectivity index (χ0) is 12.3. The van der Waals surface area contributed by atoms with Crippen molar-refractivity contribution >= 4 is 5.88 Å². The Labute approximate surface area is 98.8 Å². The molecule has 0 bridgehead atoms. The number of aliphatic hydroxyl groups excluding tert-OH is 1. The first-order valence-corrected chi connectivity index (χ1v) is 5.77. The molecule has 0 amide bonds. The highest BCUT2D eigenvalue weighted by molar-refractivity contribution is 5.17. The van der Waals surface area contributed by atoms with Crippen molar-refractivity contribution in [3.05, 3.63) is 28.0 Å². The quantitative estimate of drug-likeness (QED) is 0.600. The average molecular weight is 240 g/mol. The SMILES string of the molecule is O=[N+]([O-])c1ccc(CNCC2CCC(O)C2)o1. The van der Waals surface area contributed by atoms with Gasteiger partial charge in [0, 0.05) is 0 Å². The smallest absolute Gasteiger partial charge is 0.404 e. The molecule has 1 aromatic rings. The van der Waals surface area contributed by atoms with Gasteiger partial charge in [-0.2, -0.15) is 0 Å². The van der Waals surface area contributed by atoms with Crippen LogP contribution in [0.15, 0.2) is 16.5 Å². The van der Waals surface area contributed by atoms with Gasteiger partial charge in [0.1, 0.15) is 10.7 Å². The molecule has 6 nitrogen and oxygen atoms in total. The minimum absolute atomic E-state index is 0.161. The lowest BCUT2D eigenvalue weighted by molar-refractivity contribution is -0.402. The second kappa shape index (κ2) is 5.29. The molecule has 94 valence electrons. The number of nitrogens with one attached hydrogen (secondary N) is 1. The molecule has 0 radical (unpaired) electrons. The number of hydrogen-bond donors (Lipinski definition) is 2. The monoisotopic (exact) mass is 240 g/mol. The summed E-state index contributed by atoms with van der Waals surface area (Å²) in [5.41, 5.74) is 0. The van der Waals surface area contributed by atoms with E-state index in [1.54, 1.807) is 6.07 Å². The molecule has 6 heteroatoms. The number of hydrogen-bond acceptors (Lipinski definition) is 5. The number of nitro groups is 1. The Kier molecular flexibility index (Phi) is 3.75. The molecule has 17 heavy (non-hydrogen) atoms. The molecule has 0 aromatic carbocycles. The van der Waals surface area contributed by atoms with Gasteiger partial charge >= 0.3 is 5.88 Å². The molecule has 2 N–H and O–H groups in total. The van der Waals surface area contributed by atoms with Crippen LogP contribution in [0.3, 0.4) is 0 Å². The number of aliphatic hydroxyl groups is 1. The van der Waals surface area contributed by atoms with E-state index in [1.165, 1.54) is 6.07 Å². The summed E-state index contributed by atoms with van der Waals surface area (Å²) >= 11 is 0. The van der Waals surface area contributed by atoms with Gasteiger partial charge in [0.25, 0.3) is 0 Å². The van der Waals surface area contributed by atoms with E-state index < -0.39 is 4.92 Å². The minimum atomic E-state index is -0.545. The molecule has 2 rings (SSSR count). The van der Waals surface area contributed by atoms with E-state index in [-0.39, 0.29) is 12.0 Å². The Morgan fingerprint density at radius 2 is 2.35 bits per heavy atom. The van der Waals surface area contributed by atoms with Gasteiger partial charge in [-0.1, -0.05) is 0 Å². The maximum atomic E-state index is 10.4. The van der Waals surface area contributed by atoms with Crippen LogP contribution in [0.4, 0.5) is 5.88 Å².